The lowest BCUT2D eigenvalue weighted by atomic mass is 10.1. The quantitative estimate of drug-likeness (QED) is 0.738. The van der Waals surface area contributed by atoms with Gasteiger partial charge in [0.05, 0.1) is 31.9 Å². The van der Waals surface area contributed by atoms with Gasteiger partial charge in [-0.25, -0.2) is 0 Å². The number of aryl methyl sites for hydroxylation is 1. The first kappa shape index (κ1) is 22.3. The largest absolute Gasteiger partial charge is 0.457 e. The molecule has 2 heterocycles. The Bertz CT molecular complexity index is 995. The zero-order chi connectivity index (χ0) is 22.7. The molecule has 0 spiro atoms. The summed E-state index contributed by atoms with van der Waals surface area (Å²) in [6, 6.07) is 12.7. The Morgan fingerprint density at radius 2 is 2.00 bits per heavy atom. The minimum absolute atomic E-state index is 0.0436. The number of ether oxygens (including phenoxy) is 2. The molecule has 2 aromatic rings. The van der Waals surface area contributed by atoms with Gasteiger partial charge in [-0.15, -0.1) is 0 Å². The Labute approximate surface area is 187 Å². The highest BCUT2D eigenvalue weighted by atomic mass is 16.5. The summed E-state index contributed by atoms with van der Waals surface area (Å²) in [4.78, 5) is 29.1. The average molecular weight is 440 g/mol. The molecule has 0 aliphatic carbocycles. The summed E-state index contributed by atoms with van der Waals surface area (Å²) >= 11 is 0. The zero-order valence-electron chi connectivity index (χ0n) is 18.4. The third kappa shape index (κ3) is 5.09. The van der Waals surface area contributed by atoms with Crippen molar-refractivity contribution < 1.29 is 24.2 Å². The molecule has 1 fully saturated rings. The number of carbonyl (C=O) groups is 2. The molecule has 2 atom stereocenters. The van der Waals surface area contributed by atoms with E-state index in [9.17, 15) is 14.7 Å². The van der Waals surface area contributed by atoms with Crippen LogP contribution in [0.5, 0.6) is 11.5 Å². The highest BCUT2D eigenvalue weighted by Gasteiger charge is 2.34. The summed E-state index contributed by atoms with van der Waals surface area (Å²) in [7, 11) is 1.61. The van der Waals surface area contributed by atoms with Gasteiger partial charge in [-0.3, -0.25) is 14.5 Å². The number of carbonyl (C=O) groups excluding carboxylic acids is 2. The molecular weight excluding hydrogens is 410 g/mol. The van der Waals surface area contributed by atoms with Crippen molar-refractivity contribution in [3.63, 3.8) is 0 Å². The Hall–Kier alpha value is -2.94. The van der Waals surface area contributed by atoms with Crippen LogP contribution >= 0.6 is 0 Å². The number of aliphatic hydroxyl groups excluding tert-OH is 1. The lowest BCUT2D eigenvalue weighted by Crippen LogP contribution is -2.48. The number of nitrogens with zero attached hydrogens (tertiary/aromatic N) is 2. The van der Waals surface area contributed by atoms with Gasteiger partial charge in [0.1, 0.15) is 11.5 Å². The molecule has 2 amide bonds. The molecule has 0 unspecified atom stereocenters. The first-order chi connectivity index (χ1) is 15.4. The van der Waals surface area contributed by atoms with Crippen LogP contribution in [0.3, 0.4) is 0 Å². The van der Waals surface area contributed by atoms with Gasteiger partial charge in [-0.05, 0) is 42.3 Å². The molecule has 4 rings (SSSR count). The van der Waals surface area contributed by atoms with E-state index >= 15 is 0 Å². The minimum Gasteiger partial charge on any atom is -0.457 e. The van der Waals surface area contributed by atoms with Gasteiger partial charge >= 0.3 is 0 Å². The number of fused-ring (bicyclic) bond motifs is 5. The highest BCUT2D eigenvalue weighted by molar-refractivity contribution is 5.96. The van der Waals surface area contributed by atoms with E-state index in [1.165, 1.54) is 4.90 Å². The Morgan fingerprint density at radius 3 is 2.81 bits per heavy atom. The summed E-state index contributed by atoms with van der Waals surface area (Å²) in [5.41, 5.74) is 2.31. The molecule has 4 bridgehead atoms. The fraction of sp³-hybridized carbons (Fsp3) is 0.417. The maximum Gasteiger partial charge on any atom is 0.254 e. The van der Waals surface area contributed by atoms with Crippen molar-refractivity contribution >= 4 is 11.8 Å². The summed E-state index contributed by atoms with van der Waals surface area (Å²) in [5, 5.41) is 12.3. The van der Waals surface area contributed by atoms with E-state index in [0.717, 1.165) is 11.1 Å². The van der Waals surface area contributed by atoms with Gasteiger partial charge < -0.3 is 24.8 Å². The highest BCUT2D eigenvalue weighted by Crippen LogP contribution is 2.28. The van der Waals surface area contributed by atoms with E-state index in [2.05, 4.69) is 10.2 Å². The van der Waals surface area contributed by atoms with Gasteiger partial charge in [-0.2, -0.15) is 0 Å². The standard InChI is InChI=1S/C24H29N3O5/c1-16-6-7-18-11-21(16)32-19-5-3-4-17(10-19)15-31-22-13-27(8-9-28)12-20(22)25-23(29)14-26(2)24(18)30/h3-7,10-11,20,22,28H,8-9,12-15H2,1-2H3,(H,25,29)/t20-,22-/m0/s1. The van der Waals surface area contributed by atoms with E-state index in [1.807, 2.05) is 37.3 Å². The second-order valence-electron chi connectivity index (χ2n) is 8.40. The number of likely N-dealkylation sites (tertiary alicyclic amines) is 1. The summed E-state index contributed by atoms with van der Waals surface area (Å²) in [6.45, 7) is 3.98. The van der Waals surface area contributed by atoms with Crippen LogP contribution < -0.4 is 10.1 Å². The smallest absolute Gasteiger partial charge is 0.254 e. The predicted octanol–water partition coefficient (Wildman–Crippen LogP) is 1.55. The van der Waals surface area contributed by atoms with Crippen molar-refractivity contribution in [2.45, 2.75) is 25.7 Å². The van der Waals surface area contributed by atoms with Crippen LogP contribution in [0, 0.1) is 6.92 Å². The van der Waals surface area contributed by atoms with Crippen molar-refractivity contribution in [2.75, 3.05) is 39.8 Å². The number of likely N-dealkylation sites (N-methyl/N-ethyl adjacent to an activating group) is 1. The van der Waals surface area contributed by atoms with E-state index in [-0.39, 0.29) is 37.1 Å². The summed E-state index contributed by atoms with van der Waals surface area (Å²) < 4.78 is 12.3. The topological polar surface area (TPSA) is 91.3 Å². The van der Waals surface area contributed by atoms with Crippen LogP contribution in [0.25, 0.3) is 0 Å². The number of benzene rings is 2. The molecule has 0 saturated carbocycles. The van der Waals surface area contributed by atoms with E-state index in [4.69, 9.17) is 9.47 Å². The lowest BCUT2D eigenvalue weighted by molar-refractivity contribution is -0.123. The molecule has 32 heavy (non-hydrogen) atoms. The van der Waals surface area contributed by atoms with Gasteiger partial charge in [0.2, 0.25) is 5.91 Å². The van der Waals surface area contributed by atoms with Crippen LogP contribution in [-0.4, -0.2) is 78.7 Å². The van der Waals surface area contributed by atoms with Crippen LogP contribution in [0.1, 0.15) is 21.5 Å². The molecular formula is C24H29N3O5. The second-order valence-corrected chi connectivity index (χ2v) is 8.40. The summed E-state index contributed by atoms with van der Waals surface area (Å²) in [6.07, 6.45) is -0.223. The SMILES string of the molecule is Cc1ccc2cc1Oc1cccc(c1)CO[C@H]1CN(CCO)C[C@@H]1NC(=O)CN(C)C2=O. The molecule has 2 aliphatic rings. The van der Waals surface area contributed by atoms with Crippen molar-refractivity contribution in [2.24, 2.45) is 0 Å². The van der Waals surface area contributed by atoms with Crippen LogP contribution in [0.2, 0.25) is 0 Å². The lowest BCUT2D eigenvalue weighted by Gasteiger charge is -2.23. The number of aliphatic hydroxyl groups is 1. The van der Waals surface area contributed by atoms with Gasteiger partial charge in [0, 0.05) is 32.2 Å². The second kappa shape index (κ2) is 9.68. The zero-order valence-corrected chi connectivity index (χ0v) is 18.4. The Balaban J connectivity index is 1.64. The fourth-order valence-corrected chi connectivity index (χ4v) is 4.12. The van der Waals surface area contributed by atoms with Crippen LogP contribution in [0.15, 0.2) is 42.5 Å². The minimum atomic E-state index is -0.257. The van der Waals surface area contributed by atoms with Gasteiger partial charge in [0.25, 0.3) is 5.91 Å². The molecule has 8 heteroatoms. The molecule has 2 aromatic carbocycles. The van der Waals surface area contributed by atoms with Crippen molar-refractivity contribution in [1.29, 1.82) is 0 Å². The number of amides is 2. The van der Waals surface area contributed by atoms with E-state index < -0.39 is 0 Å². The fourth-order valence-electron chi connectivity index (χ4n) is 4.12. The third-order valence-corrected chi connectivity index (χ3v) is 5.86. The molecule has 0 aromatic heterocycles. The number of β-amino-alcohol motifs (C(OH)–C–C–N with tert-alkyl or cyclic N) is 1. The molecule has 0 radical (unpaired) electrons. The monoisotopic (exact) mass is 439 g/mol. The van der Waals surface area contributed by atoms with Crippen LogP contribution in [-0.2, 0) is 16.1 Å². The van der Waals surface area contributed by atoms with Crippen molar-refractivity contribution in [1.82, 2.24) is 15.1 Å². The maximum atomic E-state index is 12.9. The number of rotatable bonds is 2. The molecule has 170 valence electrons. The number of hydrogen-bond donors (Lipinski definition) is 2. The first-order valence-electron chi connectivity index (χ1n) is 10.8. The van der Waals surface area contributed by atoms with Crippen molar-refractivity contribution in [3.05, 3.63) is 59.2 Å². The number of nitrogens with one attached hydrogen (secondary N) is 1. The summed E-state index contributed by atoms with van der Waals surface area (Å²) in [5.74, 6) is 0.752. The average Bonchev–Trinajstić information content (AvgIpc) is 3.14. The molecule has 2 N–H and O–H groups in total. The maximum absolute atomic E-state index is 12.9. The molecule has 2 aliphatic heterocycles. The van der Waals surface area contributed by atoms with Crippen LogP contribution in [0.4, 0.5) is 0 Å². The Morgan fingerprint density at radius 1 is 1.16 bits per heavy atom. The molecule has 1 saturated heterocycles. The normalized spacial score (nSPS) is 22.3. The van der Waals surface area contributed by atoms with Crippen molar-refractivity contribution in [3.8, 4) is 11.5 Å². The van der Waals surface area contributed by atoms with Gasteiger partial charge in [-0.1, -0.05) is 18.2 Å². The van der Waals surface area contributed by atoms with E-state index in [1.54, 1.807) is 19.2 Å². The van der Waals surface area contributed by atoms with E-state index in [0.29, 0.717) is 43.3 Å². The van der Waals surface area contributed by atoms with Gasteiger partial charge in [0.15, 0.2) is 0 Å². The first-order valence-corrected chi connectivity index (χ1v) is 10.8. The number of hydrogen-bond acceptors (Lipinski definition) is 6. The predicted molar refractivity (Wildman–Crippen MR) is 119 cm³/mol. The third-order valence-electron chi connectivity index (χ3n) is 5.86. The molecule has 8 nitrogen and oxygen atoms in total. The Kier molecular flexibility index (Phi) is 6.74.